The van der Waals surface area contributed by atoms with Gasteiger partial charge in [-0.25, -0.2) is 4.98 Å². The summed E-state index contributed by atoms with van der Waals surface area (Å²) in [5.74, 6) is 0.0560. The van der Waals surface area contributed by atoms with E-state index >= 15 is 0 Å². The maximum atomic E-state index is 12.7. The van der Waals surface area contributed by atoms with Gasteiger partial charge in [-0.05, 0) is 11.1 Å². The van der Waals surface area contributed by atoms with Gasteiger partial charge < -0.3 is 9.47 Å². The Labute approximate surface area is 152 Å². The average Bonchev–Trinajstić information content (AvgIpc) is 3.01. The summed E-state index contributed by atoms with van der Waals surface area (Å²) in [6.45, 7) is 0. The highest BCUT2D eigenvalue weighted by molar-refractivity contribution is 8.00. The molecule has 0 fully saturated rings. The number of amides is 1. The molecule has 3 aromatic rings. The van der Waals surface area contributed by atoms with Gasteiger partial charge in [0.05, 0.1) is 11.9 Å². The Morgan fingerprint density at radius 3 is 2.24 bits per heavy atom. The number of imidazole rings is 1. The van der Waals surface area contributed by atoms with Crippen LogP contribution in [0.5, 0.6) is 0 Å². The van der Waals surface area contributed by atoms with E-state index < -0.39 is 0 Å². The molecule has 1 atom stereocenters. The van der Waals surface area contributed by atoms with E-state index in [9.17, 15) is 4.79 Å². The summed E-state index contributed by atoms with van der Waals surface area (Å²) in [5.41, 5.74) is 3.13. The van der Waals surface area contributed by atoms with E-state index in [-0.39, 0.29) is 11.2 Å². The zero-order chi connectivity index (χ0) is 17.8. The summed E-state index contributed by atoms with van der Waals surface area (Å²) in [7, 11) is 5.55. The van der Waals surface area contributed by atoms with Crippen LogP contribution in [-0.2, 0) is 11.8 Å². The monoisotopic (exact) mass is 351 g/mol. The number of likely N-dealkylation sites (N-methyl/N-ethyl adjacent to an activating group) is 1. The largest absolute Gasteiger partial charge is 0.348 e. The second-order valence-corrected chi connectivity index (χ2v) is 7.06. The molecule has 1 unspecified atom stereocenters. The number of nitrogens with zero attached hydrogens (tertiary/aromatic N) is 3. The molecule has 0 aliphatic heterocycles. The number of carbonyl (C=O) groups excluding carboxylic acids is 1. The van der Waals surface area contributed by atoms with Crippen LogP contribution in [0.2, 0.25) is 0 Å². The Morgan fingerprint density at radius 2 is 1.64 bits per heavy atom. The van der Waals surface area contributed by atoms with E-state index in [4.69, 9.17) is 0 Å². The first kappa shape index (κ1) is 17.3. The highest BCUT2D eigenvalue weighted by atomic mass is 32.2. The molecule has 4 nitrogen and oxygen atoms in total. The zero-order valence-electron chi connectivity index (χ0n) is 14.6. The van der Waals surface area contributed by atoms with Crippen LogP contribution in [0.25, 0.3) is 11.3 Å². The quantitative estimate of drug-likeness (QED) is 0.652. The van der Waals surface area contributed by atoms with Crippen LogP contribution < -0.4 is 0 Å². The predicted octanol–water partition coefficient (Wildman–Crippen LogP) is 4.01. The first-order chi connectivity index (χ1) is 12.1. The molecule has 3 rings (SSSR count). The van der Waals surface area contributed by atoms with Crippen LogP contribution in [-0.4, -0.2) is 34.5 Å². The second kappa shape index (κ2) is 7.57. The van der Waals surface area contributed by atoms with E-state index in [1.807, 2.05) is 66.3 Å². The summed E-state index contributed by atoms with van der Waals surface area (Å²) in [6, 6.07) is 20.0. The molecule has 0 bridgehead atoms. The lowest BCUT2D eigenvalue weighted by Gasteiger charge is -2.20. The van der Waals surface area contributed by atoms with Crippen LogP contribution in [0.4, 0.5) is 0 Å². The minimum absolute atomic E-state index is 0.0560. The Balaban J connectivity index is 1.93. The highest BCUT2D eigenvalue weighted by Gasteiger charge is 2.25. The van der Waals surface area contributed by atoms with Gasteiger partial charge in [0.2, 0.25) is 5.91 Å². The molecule has 1 heterocycles. The van der Waals surface area contributed by atoms with Crippen LogP contribution in [0.3, 0.4) is 0 Å². The molecule has 1 aromatic heterocycles. The van der Waals surface area contributed by atoms with Crippen molar-refractivity contribution in [2.45, 2.75) is 10.4 Å². The lowest BCUT2D eigenvalue weighted by molar-refractivity contribution is -0.128. The zero-order valence-corrected chi connectivity index (χ0v) is 15.4. The van der Waals surface area contributed by atoms with Crippen LogP contribution >= 0.6 is 11.8 Å². The summed E-state index contributed by atoms with van der Waals surface area (Å²) in [4.78, 5) is 18.9. The number of thioether (sulfide) groups is 1. The van der Waals surface area contributed by atoms with Crippen molar-refractivity contribution >= 4 is 17.7 Å². The van der Waals surface area contributed by atoms with Crippen molar-refractivity contribution in [3.63, 3.8) is 0 Å². The first-order valence-corrected chi connectivity index (χ1v) is 8.96. The van der Waals surface area contributed by atoms with Crippen molar-refractivity contribution in [3.05, 3.63) is 72.4 Å². The third kappa shape index (κ3) is 3.77. The van der Waals surface area contributed by atoms with Gasteiger partial charge in [-0.15, -0.1) is 0 Å². The molecular weight excluding hydrogens is 330 g/mol. The van der Waals surface area contributed by atoms with E-state index in [0.717, 1.165) is 22.0 Å². The SMILES string of the molecule is CN(C)C(=O)C(Sc1ncc(-c2ccccc2)n1C)c1ccccc1. The maximum absolute atomic E-state index is 12.7. The predicted molar refractivity (Wildman–Crippen MR) is 102 cm³/mol. The topological polar surface area (TPSA) is 38.1 Å². The Hall–Kier alpha value is -2.53. The van der Waals surface area contributed by atoms with Gasteiger partial charge in [-0.1, -0.05) is 72.4 Å². The van der Waals surface area contributed by atoms with Gasteiger partial charge in [-0.3, -0.25) is 4.79 Å². The number of hydrogen-bond acceptors (Lipinski definition) is 3. The second-order valence-electron chi connectivity index (χ2n) is 5.99. The van der Waals surface area contributed by atoms with Crippen LogP contribution in [0, 0.1) is 0 Å². The Morgan fingerprint density at radius 1 is 1.04 bits per heavy atom. The number of hydrogen-bond donors (Lipinski definition) is 0. The van der Waals surface area contributed by atoms with E-state index in [2.05, 4.69) is 17.1 Å². The molecule has 1 amide bonds. The molecular formula is C20H21N3OS. The van der Waals surface area contributed by atoms with Crippen molar-refractivity contribution in [2.75, 3.05) is 14.1 Å². The molecule has 0 aliphatic carbocycles. The highest BCUT2D eigenvalue weighted by Crippen LogP contribution is 2.37. The molecule has 0 aliphatic rings. The van der Waals surface area contributed by atoms with E-state index in [1.54, 1.807) is 19.0 Å². The standard InChI is InChI=1S/C20H21N3OS/c1-22(2)19(24)18(16-12-8-5-9-13-16)25-20-21-14-17(23(20)3)15-10-6-4-7-11-15/h4-14,18H,1-3H3. The average molecular weight is 351 g/mol. The third-order valence-corrected chi connectivity index (χ3v) is 5.31. The minimum atomic E-state index is -0.319. The number of rotatable bonds is 5. The Kier molecular flexibility index (Phi) is 5.24. The Bertz CT molecular complexity index is 844. The fourth-order valence-corrected chi connectivity index (χ4v) is 3.79. The van der Waals surface area contributed by atoms with Gasteiger partial charge in [0.1, 0.15) is 5.25 Å². The summed E-state index contributed by atoms with van der Waals surface area (Å²) >= 11 is 1.48. The van der Waals surface area contributed by atoms with Gasteiger partial charge >= 0.3 is 0 Å². The molecule has 0 saturated carbocycles. The fourth-order valence-electron chi connectivity index (χ4n) is 2.61. The van der Waals surface area contributed by atoms with Gasteiger partial charge in [0.25, 0.3) is 0 Å². The van der Waals surface area contributed by atoms with Crippen molar-refractivity contribution in [1.29, 1.82) is 0 Å². The van der Waals surface area contributed by atoms with Crippen molar-refractivity contribution in [2.24, 2.45) is 7.05 Å². The molecule has 0 radical (unpaired) electrons. The molecule has 2 aromatic carbocycles. The molecule has 128 valence electrons. The number of aromatic nitrogens is 2. The van der Waals surface area contributed by atoms with E-state index in [0.29, 0.717) is 0 Å². The third-order valence-electron chi connectivity index (χ3n) is 4.01. The number of benzene rings is 2. The van der Waals surface area contributed by atoms with Crippen molar-refractivity contribution in [1.82, 2.24) is 14.5 Å². The minimum Gasteiger partial charge on any atom is -0.348 e. The summed E-state index contributed by atoms with van der Waals surface area (Å²) in [6.07, 6.45) is 1.86. The van der Waals surface area contributed by atoms with Crippen LogP contribution in [0.1, 0.15) is 10.8 Å². The first-order valence-electron chi connectivity index (χ1n) is 8.08. The molecule has 25 heavy (non-hydrogen) atoms. The van der Waals surface area contributed by atoms with Crippen LogP contribution in [0.15, 0.2) is 72.0 Å². The molecule has 0 spiro atoms. The molecule has 0 saturated heterocycles. The van der Waals surface area contributed by atoms with Gasteiger partial charge in [0.15, 0.2) is 5.16 Å². The summed E-state index contributed by atoms with van der Waals surface area (Å²) < 4.78 is 2.04. The lowest BCUT2D eigenvalue weighted by atomic mass is 10.1. The maximum Gasteiger partial charge on any atom is 0.240 e. The normalized spacial score (nSPS) is 12.0. The van der Waals surface area contributed by atoms with Crippen molar-refractivity contribution < 1.29 is 4.79 Å². The van der Waals surface area contributed by atoms with Gasteiger partial charge in [0, 0.05) is 21.1 Å². The fraction of sp³-hybridized carbons (Fsp3) is 0.200. The molecule has 0 N–H and O–H groups in total. The molecule has 5 heteroatoms. The lowest BCUT2D eigenvalue weighted by Crippen LogP contribution is -2.26. The van der Waals surface area contributed by atoms with E-state index in [1.165, 1.54) is 11.8 Å². The van der Waals surface area contributed by atoms with Gasteiger partial charge in [-0.2, -0.15) is 0 Å². The number of carbonyl (C=O) groups is 1. The summed E-state index contributed by atoms with van der Waals surface area (Å²) in [5, 5.41) is 0.504. The van der Waals surface area contributed by atoms with Crippen molar-refractivity contribution in [3.8, 4) is 11.3 Å². The smallest absolute Gasteiger partial charge is 0.240 e.